The van der Waals surface area contributed by atoms with Crippen LogP contribution >= 0.6 is 11.6 Å². The van der Waals surface area contributed by atoms with Crippen molar-refractivity contribution in [3.05, 3.63) is 17.4 Å². The molecule has 0 unspecified atom stereocenters. The monoisotopic (exact) mass is 212 g/mol. The zero-order valence-corrected chi connectivity index (χ0v) is 8.61. The lowest BCUT2D eigenvalue weighted by atomic mass is 10.2. The second-order valence-electron chi connectivity index (χ2n) is 3.43. The number of aromatic nitrogens is 2. The van der Waals surface area contributed by atoms with Crippen LogP contribution in [0.5, 0.6) is 0 Å². The highest BCUT2D eigenvalue weighted by Crippen LogP contribution is 2.21. The van der Waals surface area contributed by atoms with Gasteiger partial charge < -0.3 is 10.6 Å². The van der Waals surface area contributed by atoms with Gasteiger partial charge in [0.2, 0.25) is 5.95 Å². The molecule has 1 aromatic heterocycles. The Hall–Kier alpha value is -0.870. The van der Waals surface area contributed by atoms with Crippen LogP contribution in [0.1, 0.15) is 12.8 Å². The maximum atomic E-state index is 5.72. The van der Waals surface area contributed by atoms with Crippen LogP contribution in [0.2, 0.25) is 5.02 Å². The van der Waals surface area contributed by atoms with Gasteiger partial charge in [-0.25, -0.2) is 9.97 Å². The average molecular weight is 213 g/mol. The summed E-state index contributed by atoms with van der Waals surface area (Å²) in [5, 5.41) is 0.567. The number of anilines is 1. The van der Waals surface area contributed by atoms with Gasteiger partial charge in [-0.3, -0.25) is 0 Å². The molecule has 14 heavy (non-hydrogen) atoms. The second kappa shape index (κ2) is 4.11. The summed E-state index contributed by atoms with van der Waals surface area (Å²) in [6, 6.07) is 0.385. The number of rotatable bonds is 2. The van der Waals surface area contributed by atoms with Crippen molar-refractivity contribution < 1.29 is 0 Å². The number of halogens is 1. The first-order valence-corrected chi connectivity index (χ1v) is 5.13. The third-order valence-corrected chi connectivity index (χ3v) is 2.71. The first kappa shape index (κ1) is 9.68. The van der Waals surface area contributed by atoms with Gasteiger partial charge in [0.15, 0.2) is 0 Å². The van der Waals surface area contributed by atoms with Crippen LogP contribution in [0.25, 0.3) is 0 Å². The summed E-state index contributed by atoms with van der Waals surface area (Å²) in [4.78, 5) is 10.5. The molecule has 0 aromatic carbocycles. The summed E-state index contributed by atoms with van der Waals surface area (Å²) < 4.78 is 0. The number of hydrogen-bond acceptors (Lipinski definition) is 4. The Morgan fingerprint density at radius 3 is 2.86 bits per heavy atom. The third-order valence-electron chi connectivity index (χ3n) is 2.51. The normalized spacial score (nSPS) is 21.6. The summed E-state index contributed by atoms with van der Waals surface area (Å²) in [6.07, 6.45) is 5.53. The quantitative estimate of drug-likeness (QED) is 0.797. The van der Waals surface area contributed by atoms with Gasteiger partial charge in [0.05, 0.1) is 17.4 Å². The first-order valence-electron chi connectivity index (χ1n) is 4.75. The van der Waals surface area contributed by atoms with Crippen molar-refractivity contribution in [2.24, 2.45) is 5.73 Å². The average Bonchev–Trinajstić information content (AvgIpc) is 2.67. The highest BCUT2D eigenvalue weighted by atomic mass is 35.5. The Bertz CT molecular complexity index is 300. The van der Waals surface area contributed by atoms with E-state index in [4.69, 9.17) is 17.3 Å². The molecule has 0 aliphatic carbocycles. The van der Waals surface area contributed by atoms with Crippen LogP contribution < -0.4 is 10.6 Å². The van der Waals surface area contributed by atoms with Crippen molar-refractivity contribution in [1.82, 2.24) is 9.97 Å². The molecular weight excluding hydrogens is 200 g/mol. The molecule has 2 N–H and O–H groups in total. The Kier molecular flexibility index (Phi) is 2.84. The van der Waals surface area contributed by atoms with E-state index in [1.165, 1.54) is 0 Å². The highest BCUT2D eigenvalue weighted by molar-refractivity contribution is 6.30. The van der Waals surface area contributed by atoms with Gasteiger partial charge in [0.1, 0.15) is 0 Å². The summed E-state index contributed by atoms with van der Waals surface area (Å²) in [6.45, 7) is 1.65. The molecule has 0 bridgehead atoms. The molecule has 2 rings (SSSR count). The standard InChI is InChI=1S/C9H13ClN4/c10-7-5-12-9(13-6-7)14-3-1-2-8(14)4-11/h5-6,8H,1-4,11H2/t8-/m1/s1. The summed E-state index contributed by atoms with van der Waals surface area (Å²) in [7, 11) is 0. The predicted molar refractivity (Wildman–Crippen MR) is 56.5 cm³/mol. The fraction of sp³-hybridized carbons (Fsp3) is 0.556. The van der Waals surface area contributed by atoms with E-state index in [0.29, 0.717) is 17.6 Å². The van der Waals surface area contributed by atoms with E-state index < -0.39 is 0 Å². The summed E-state index contributed by atoms with van der Waals surface area (Å²) in [5.74, 6) is 0.738. The van der Waals surface area contributed by atoms with Crippen molar-refractivity contribution in [3.8, 4) is 0 Å². The minimum absolute atomic E-state index is 0.385. The molecular formula is C9H13ClN4. The Balaban J connectivity index is 2.17. The first-order chi connectivity index (χ1) is 6.81. The van der Waals surface area contributed by atoms with E-state index in [0.717, 1.165) is 25.3 Å². The third kappa shape index (κ3) is 1.81. The summed E-state index contributed by atoms with van der Waals surface area (Å²) in [5.41, 5.74) is 5.67. The lowest BCUT2D eigenvalue weighted by molar-refractivity contribution is 0.664. The van der Waals surface area contributed by atoms with Gasteiger partial charge in [-0.2, -0.15) is 0 Å². The SMILES string of the molecule is NC[C@H]1CCCN1c1ncc(Cl)cn1. The molecule has 2 heterocycles. The van der Waals surface area contributed by atoms with E-state index in [2.05, 4.69) is 14.9 Å². The molecule has 0 saturated carbocycles. The topological polar surface area (TPSA) is 55.0 Å². The molecule has 1 aromatic rings. The van der Waals surface area contributed by atoms with E-state index >= 15 is 0 Å². The summed E-state index contributed by atoms with van der Waals surface area (Å²) >= 11 is 5.72. The van der Waals surface area contributed by atoms with E-state index in [9.17, 15) is 0 Å². The molecule has 5 heteroatoms. The Labute approximate surface area is 88.1 Å². The van der Waals surface area contributed by atoms with E-state index in [1.54, 1.807) is 12.4 Å². The molecule has 0 spiro atoms. The van der Waals surface area contributed by atoms with Crippen LogP contribution in [0.4, 0.5) is 5.95 Å². The smallest absolute Gasteiger partial charge is 0.225 e. The largest absolute Gasteiger partial charge is 0.337 e. The lowest BCUT2D eigenvalue weighted by Gasteiger charge is -2.22. The molecule has 76 valence electrons. The molecule has 1 atom stereocenters. The molecule has 1 fully saturated rings. The number of nitrogens with two attached hydrogens (primary N) is 1. The number of hydrogen-bond donors (Lipinski definition) is 1. The van der Waals surface area contributed by atoms with Crippen LogP contribution in [0.15, 0.2) is 12.4 Å². The zero-order valence-electron chi connectivity index (χ0n) is 7.86. The van der Waals surface area contributed by atoms with Crippen LogP contribution in [-0.4, -0.2) is 29.1 Å². The number of nitrogens with zero attached hydrogens (tertiary/aromatic N) is 3. The van der Waals surface area contributed by atoms with Gasteiger partial charge in [-0.15, -0.1) is 0 Å². The van der Waals surface area contributed by atoms with Gasteiger partial charge in [-0.05, 0) is 12.8 Å². The van der Waals surface area contributed by atoms with Crippen LogP contribution in [-0.2, 0) is 0 Å². The molecule has 0 amide bonds. The van der Waals surface area contributed by atoms with Crippen LogP contribution in [0, 0.1) is 0 Å². The lowest BCUT2D eigenvalue weighted by Crippen LogP contribution is -2.36. The second-order valence-corrected chi connectivity index (χ2v) is 3.86. The fourth-order valence-electron chi connectivity index (χ4n) is 1.80. The minimum atomic E-state index is 0.385. The van der Waals surface area contributed by atoms with Crippen molar-refractivity contribution in [2.45, 2.75) is 18.9 Å². The van der Waals surface area contributed by atoms with Gasteiger partial charge in [-0.1, -0.05) is 11.6 Å². The molecule has 1 aliphatic rings. The van der Waals surface area contributed by atoms with E-state index in [-0.39, 0.29) is 0 Å². The maximum absolute atomic E-state index is 5.72. The van der Waals surface area contributed by atoms with Gasteiger partial charge in [0.25, 0.3) is 0 Å². The van der Waals surface area contributed by atoms with Crippen LogP contribution in [0.3, 0.4) is 0 Å². The Morgan fingerprint density at radius 2 is 2.21 bits per heavy atom. The maximum Gasteiger partial charge on any atom is 0.225 e. The predicted octanol–water partition coefficient (Wildman–Crippen LogP) is 1.06. The minimum Gasteiger partial charge on any atom is -0.337 e. The van der Waals surface area contributed by atoms with Gasteiger partial charge in [0, 0.05) is 19.1 Å². The Morgan fingerprint density at radius 1 is 1.50 bits per heavy atom. The fourth-order valence-corrected chi connectivity index (χ4v) is 1.90. The molecule has 0 radical (unpaired) electrons. The van der Waals surface area contributed by atoms with Gasteiger partial charge >= 0.3 is 0 Å². The molecule has 1 saturated heterocycles. The van der Waals surface area contributed by atoms with Crippen molar-refractivity contribution in [2.75, 3.05) is 18.0 Å². The van der Waals surface area contributed by atoms with E-state index in [1.807, 2.05) is 0 Å². The molecule has 1 aliphatic heterocycles. The molecule has 4 nitrogen and oxygen atoms in total. The van der Waals surface area contributed by atoms with Crippen molar-refractivity contribution >= 4 is 17.5 Å². The van der Waals surface area contributed by atoms with Crippen molar-refractivity contribution in [3.63, 3.8) is 0 Å². The highest BCUT2D eigenvalue weighted by Gasteiger charge is 2.24. The zero-order chi connectivity index (χ0) is 9.97. The van der Waals surface area contributed by atoms with Crippen molar-refractivity contribution in [1.29, 1.82) is 0 Å².